The third kappa shape index (κ3) is 3.20. The molecule has 4 rings (SSSR count). The Labute approximate surface area is 162 Å². The van der Waals surface area contributed by atoms with E-state index < -0.39 is 0 Å². The summed E-state index contributed by atoms with van der Waals surface area (Å²) in [6, 6.07) is 5.31. The minimum atomic E-state index is -0.311. The van der Waals surface area contributed by atoms with E-state index in [0.717, 1.165) is 11.1 Å². The Morgan fingerprint density at radius 2 is 1.96 bits per heavy atom. The number of aliphatic hydroxyl groups is 1. The van der Waals surface area contributed by atoms with E-state index in [4.69, 9.17) is 10.5 Å². The molecule has 0 radical (unpaired) electrons. The van der Waals surface area contributed by atoms with Gasteiger partial charge in [-0.1, -0.05) is 0 Å². The number of hydrogen-bond acceptors (Lipinski definition) is 7. The van der Waals surface area contributed by atoms with Crippen LogP contribution in [0, 0.1) is 6.92 Å². The van der Waals surface area contributed by atoms with Crippen LogP contribution in [0.3, 0.4) is 0 Å². The Kier molecular flexibility index (Phi) is 4.72. The Hall–Kier alpha value is -3.00. The molecule has 0 spiro atoms. The lowest BCUT2D eigenvalue weighted by atomic mass is 9.92. The van der Waals surface area contributed by atoms with E-state index in [1.165, 1.54) is 0 Å². The molecule has 1 aliphatic rings. The molecule has 3 aromatic heterocycles. The molecule has 0 aromatic carbocycles. The van der Waals surface area contributed by atoms with Crippen molar-refractivity contribution < 1.29 is 9.84 Å². The number of aromatic nitrogens is 4. The number of nitrogens with two attached hydrogens (primary N) is 1. The van der Waals surface area contributed by atoms with Gasteiger partial charge in [0, 0.05) is 34.8 Å². The lowest BCUT2D eigenvalue weighted by Gasteiger charge is -2.28. The SMILES string of the molecule is COc1ccc(-c2cc3c(C)nc(N)nc3n([C@H]3CC[C@H](O)CC3)c2=O)cn1. The number of aryl methyl sites for hydroxylation is 1. The van der Waals surface area contributed by atoms with Crippen LogP contribution < -0.4 is 16.0 Å². The number of anilines is 1. The molecule has 1 fully saturated rings. The van der Waals surface area contributed by atoms with Crippen molar-refractivity contribution in [1.82, 2.24) is 19.5 Å². The van der Waals surface area contributed by atoms with Crippen molar-refractivity contribution in [3.63, 3.8) is 0 Å². The van der Waals surface area contributed by atoms with Gasteiger partial charge in [-0.05, 0) is 44.7 Å². The van der Waals surface area contributed by atoms with Crippen molar-refractivity contribution in [2.75, 3.05) is 12.8 Å². The summed E-state index contributed by atoms with van der Waals surface area (Å²) < 4.78 is 6.84. The first kappa shape index (κ1) is 18.4. The molecule has 3 heterocycles. The van der Waals surface area contributed by atoms with E-state index in [9.17, 15) is 9.90 Å². The van der Waals surface area contributed by atoms with Crippen molar-refractivity contribution >= 4 is 17.0 Å². The standard InChI is InChI=1S/C20H23N5O3/c1-11-15-9-16(12-3-8-17(28-2)22-10-12)19(27)25(18(15)24-20(21)23-11)13-4-6-14(26)7-5-13/h3,8-10,13-14,26H,4-7H2,1-2H3,(H2,21,23,24)/t13-,14-. The average molecular weight is 381 g/mol. The summed E-state index contributed by atoms with van der Waals surface area (Å²) in [6.07, 6.45) is 4.06. The third-order valence-electron chi connectivity index (χ3n) is 5.39. The number of rotatable bonds is 3. The number of aliphatic hydroxyl groups excluding tert-OH is 1. The molecule has 146 valence electrons. The lowest BCUT2D eigenvalue weighted by molar-refractivity contribution is 0.111. The second kappa shape index (κ2) is 7.20. The highest BCUT2D eigenvalue weighted by Crippen LogP contribution is 2.31. The molecule has 3 aromatic rings. The first-order chi connectivity index (χ1) is 13.5. The predicted octanol–water partition coefficient (Wildman–Crippen LogP) is 2.23. The molecular formula is C20H23N5O3. The first-order valence-electron chi connectivity index (χ1n) is 9.35. The van der Waals surface area contributed by atoms with Crippen LogP contribution in [0.25, 0.3) is 22.2 Å². The second-order valence-corrected chi connectivity index (χ2v) is 7.19. The monoisotopic (exact) mass is 381 g/mol. The maximum absolute atomic E-state index is 13.5. The molecule has 8 nitrogen and oxygen atoms in total. The Morgan fingerprint density at radius 1 is 1.21 bits per heavy atom. The summed E-state index contributed by atoms with van der Waals surface area (Å²) >= 11 is 0. The van der Waals surface area contributed by atoms with Crippen LogP contribution in [0.4, 0.5) is 5.95 Å². The van der Waals surface area contributed by atoms with Crippen LogP contribution in [0.5, 0.6) is 5.88 Å². The van der Waals surface area contributed by atoms with E-state index in [1.807, 2.05) is 19.1 Å². The van der Waals surface area contributed by atoms with Gasteiger partial charge in [0.05, 0.1) is 18.9 Å². The van der Waals surface area contributed by atoms with Gasteiger partial charge >= 0.3 is 0 Å². The third-order valence-corrected chi connectivity index (χ3v) is 5.39. The molecule has 8 heteroatoms. The van der Waals surface area contributed by atoms with E-state index in [-0.39, 0.29) is 23.7 Å². The van der Waals surface area contributed by atoms with Crippen LogP contribution in [-0.2, 0) is 0 Å². The van der Waals surface area contributed by atoms with Gasteiger partial charge in [-0.3, -0.25) is 9.36 Å². The molecule has 0 aliphatic heterocycles. The maximum atomic E-state index is 13.5. The highest BCUT2D eigenvalue weighted by atomic mass is 16.5. The highest BCUT2D eigenvalue weighted by molar-refractivity contribution is 5.84. The van der Waals surface area contributed by atoms with Crippen molar-refractivity contribution in [3.8, 4) is 17.0 Å². The van der Waals surface area contributed by atoms with Crippen molar-refractivity contribution in [2.45, 2.75) is 44.8 Å². The summed E-state index contributed by atoms with van der Waals surface area (Å²) in [5, 5.41) is 10.7. The maximum Gasteiger partial charge on any atom is 0.260 e. The zero-order valence-electron chi connectivity index (χ0n) is 15.9. The van der Waals surface area contributed by atoms with Crippen LogP contribution in [-0.4, -0.2) is 37.8 Å². The van der Waals surface area contributed by atoms with Gasteiger partial charge in [0.25, 0.3) is 5.56 Å². The molecule has 1 aliphatic carbocycles. The number of fused-ring (bicyclic) bond motifs is 1. The fourth-order valence-corrected chi connectivity index (χ4v) is 3.89. The van der Waals surface area contributed by atoms with Gasteiger partial charge in [0.1, 0.15) is 5.65 Å². The molecule has 0 atom stereocenters. The second-order valence-electron chi connectivity index (χ2n) is 7.19. The van der Waals surface area contributed by atoms with Crippen LogP contribution in [0.15, 0.2) is 29.2 Å². The van der Waals surface area contributed by atoms with E-state index in [2.05, 4.69) is 15.0 Å². The van der Waals surface area contributed by atoms with Crippen molar-refractivity contribution in [3.05, 3.63) is 40.4 Å². The molecule has 3 N–H and O–H groups in total. The van der Waals surface area contributed by atoms with Crippen LogP contribution in [0.1, 0.15) is 37.4 Å². The zero-order valence-corrected chi connectivity index (χ0v) is 15.9. The van der Waals surface area contributed by atoms with Gasteiger partial charge in [-0.15, -0.1) is 0 Å². The van der Waals surface area contributed by atoms with E-state index in [0.29, 0.717) is 48.3 Å². The molecule has 0 bridgehead atoms. The number of methoxy groups -OCH3 is 1. The largest absolute Gasteiger partial charge is 0.481 e. The van der Waals surface area contributed by atoms with Gasteiger partial charge in [-0.25, -0.2) is 9.97 Å². The lowest BCUT2D eigenvalue weighted by Crippen LogP contribution is -2.31. The Balaban J connectivity index is 1.96. The first-order valence-corrected chi connectivity index (χ1v) is 9.35. The normalized spacial score (nSPS) is 19.7. The highest BCUT2D eigenvalue weighted by Gasteiger charge is 2.25. The van der Waals surface area contributed by atoms with Gasteiger partial charge in [0.15, 0.2) is 0 Å². The van der Waals surface area contributed by atoms with Crippen molar-refractivity contribution in [2.24, 2.45) is 0 Å². The average Bonchev–Trinajstić information content (AvgIpc) is 2.69. The van der Waals surface area contributed by atoms with Gasteiger partial charge in [-0.2, -0.15) is 4.98 Å². The minimum Gasteiger partial charge on any atom is -0.481 e. The predicted molar refractivity (Wildman–Crippen MR) is 106 cm³/mol. The number of hydrogen-bond donors (Lipinski definition) is 2. The Morgan fingerprint density at radius 3 is 2.61 bits per heavy atom. The summed E-state index contributed by atoms with van der Waals surface area (Å²) in [5.74, 6) is 0.631. The zero-order chi connectivity index (χ0) is 19.8. The summed E-state index contributed by atoms with van der Waals surface area (Å²) in [4.78, 5) is 26.4. The smallest absolute Gasteiger partial charge is 0.260 e. The number of nitrogen functional groups attached to an aromatic ring is 1. The van der Waals surface area contributed by atoms with E-state index in [1.54, 1.807) is 23.9 Å². The van der Waals surface area contributed by atoms with Gasteiger partial charge in [0.2, 0.25) is 11.8 Å². The van der Waals surface area contributed by atoms with Crippen molar-refractivity contribution in [1.29, 1.82) is 0 Å². The number of nitrogens with zero attached hydrogens (tertiary/aromatic N) is 4. The fraction of sp³-hybridized carbons (Fsp3) is 0.400. The molecule has 0 saturated heterocycles. The summed E-state index contributed by atoms with van der Waals surface area (Å²) in [6.45, 7) is 1.86. The molecule has 0 unspecified atom stereocenters. The fourth-order valence-electron chi connectivity index (χ4n) is 3.89. The summed E-state index contributed by atoms with van der Waals surface area (Å²) in [5.41, 5.74) is 8.23. The quantitative estimate of drug-likeness (QED) is 0.714. The van der Waals surface area contributed by atoms with Crippen LogP contribution in [0.2, 0.25) is 0 Å². The molecular weight excluding hydrogens is 358 g/mol. The Bertz CT molecular complexity index is 1070. The summed E-state index contributed by atoms with van der Waals surface area (Å²) in [7, 11) is 1.55. The van der Waals surface area contributed by atoms with Crippen LogP contribution >= 0.6 is 0 Å². The topological polar surface area (TPSA) is 116 Å². The number of ether oxygens (including phenoxy) is 1. The van der Waals surface area contributed by atoms with Gasteiger partial charge < -0.3 is 15.6 Å². The molecule has 1 saturated carbocycles. The molecule has 0 amide bonds. The van der Waals surface area contributed by atoms with E-state index >= 15 is 0 Å². The minimum absolute atomic E-state index is 0.0433. The molecule has 28 heavy (non-hydrogen) atoms. The number of pyridine rings is 2.